The summed E-state index contributed by atoms with van der Waals surface area (Å²) in [4.78, 5) is 22.8. The normalized spacial score (nSPS) is 12.2. The summed E-state index contributed by atoms with van der Waals surface area (Å²) in [7, 11) is 0. The molecule has 0 radical (unpaired) electrons. The summed E-state index contributed by atoms with van der Waals surface area (Å²) in [5.74, 6) is -0.762. The van der Waals surface area contributed by atoms with Gasteiger partial charge in [-0.25, -0.2) is 4.79 Å². The van der Waals surface area contributed by atoms with Crippen LogP contribution in [0, 0.1) is 5.92 Å². The lowest BCUT2D eigenvalue weighted by atomic mass is 10.0. The van der Waals surface area contributed by atoms with E-state index in [4.69, 9.17) is 5.11 Å². The summed E-state index contributed by atoms with van der Waals surface area (Å²) in [5, 5.41) is 11.7. The molecule has 1 aromatic rings. The van der Waals surface area contributed by atoms with Crippen LogP contribution in [0.5, 0.6) is 0 Å². The summed E-state index contributed by atoms with van der Waals surface area (Å²) in [6.45, 7) is 4.07. The largest absolute Gasteiger partial charge is 0.480 e. The van der Waals surface area contributed by atoms with Crippen molar-refractivity contribution in [3.8, 4) is 0 Å². The number of rotatable bonds is 7. The van der Waals surface area contributed by atoms with Gasteiger partial charge in [-0.15, -0.1) is 0 Å². The molecule has 2 N–H and O–H groups in total. The van der Waals surface area contributed by atoms with E-state index in [0.29, 0.717) is 18.8 Å². The Hall–Kier alpha value is -1.84. The van der Waals surface area contributed by atoms with Gasteiger partial charge in [-0.3, -0.25) is 4.79 Å². The van der Waals surface area contributed by atoms with Gasteiger partial charge >= 0.3 is 5.97 Å². The Balaban J connectivity index is 2.54. The lowest BCUT2D eigenvalue weighted by Gasteiger charge is -2.15. The monoisotopic (exact) mass is 263 g/mol. The van der Waals surface area contributed by atoms with Crippen LogP contribution in [0.3, 0.4) is 0 Å². The Labute approximate surface area is 113 Å². The Bertz CT molecular complexity index is 415. The maximum absolute atomic E-state index is 11.7. The van der Waals surface area contributed by atoms with Gasteiger partial charge in [-0.1, -0.05) is 44.2 Å². The molecule has 0 spiro atoms. The highest BCUT2D eigenvalue weighted by molar-refractivity contribution is 5.83. The van der Waals surface area contributed by atoms with Gasteiger partial charge in [0, 0.05) is 12.8 Å². The van der Waals surface area contributed by atoms with Gasteiger partial charge in [-0.05, 0) is 17.9 Å². The van der Waals surface area contributed by atoms with Gasteiger partial charge < -0.3 is 10.4 Å². The molecule has 0 aliphatic rings. The number of benzene rings is 1. The fourth-order valence-corrected chi connectivity index (χ4v) is 1.74. The molecule has 0 bridgehead atoms. The average molecular weight is 263 g/mol. The van der Waals surface area contributed by atoms with Crippen molar-refractivity contribution in [2.45, 2.75) is 39.2 Å². The lowest BCUT2D eigenvalue weighted by molar-refractivity contribution is -0.141. The number of amides is 1. The lowest BCUT2D eigenvalue weighted by Crippen LogP contribution is -2.42. The number of nitrogens with one attached hydrogen (secondary N) is 1. The van der Waals surface area contributed by atoms with Crippen LogP contribution in [0.1, 0.15) is 32.3 Å². The first-order chi connectivity index (χ1) is 8.99. The Morgan fingerprint density at radius 3 is 2.37 bits per heavy atom. The summed E-state index contributed by atoms with van der Waals surface area (Å²) in [6, 6.07) is 8.44. The standard InChI is InChI=1S/C15H21NO3/c1-11(2)8-9-14(17)16-13(15(18)19)10-12-6-4-3-5-7-12/h3-7,11,13H,8-10H2,1-2H3,(H,16,17)(H,18,19)/t13-/m0/s1. The number of hydrogen-bond acceptors (Lipinski definition) is 2. The van der Waals surface area contributed by atoms with Crippen LogP contribution in [0.15, 0.2) is 30.3 Å². The van der Waals surface area contributed by atoms with Crippen molar-refractivity contribution < 1.29 is 14.7 Å². The van der Waals surface area contributed by atoms with Gasteiger partial charge in [0.15, 0.2) is 0 Å². The second-order valence-corrected chi connectivity index (χ2v) is 5.08. The van der Waals surface area contributed by atoms with E-state index in [0.717, 1.165) is 12.0 Å². The van der Waals surface area contributed by atoms with E-state index >= 15 is 0 Å². The van der Waals surface area contributed by atoms with Crippen LogP contribution < -0.4 is 5.32 Å². The summed E-state index contributed by atoms with van der Waals surface area (Å²) >= 11 is 0. The number of hydrogen-bond donors (Lipinski definition) is 2. The zero-order valence-electron chi connectivity index (χ0n) is 11.4. The van der Waals surface area contributed by atoms with Crippen LogP contribution in [0.4, 0.5) is 0 Å². The molecule has 0 fully saturated rings. The Kier molecular flexibility index (Phi) is 6.06. The first kappa shape index (κ1) is 15.2. The van der Waals surface area contributed by atoms with E-state index in [1.807, 2.05) is 44.2 Å². The molecule has 1 aromatic carbocycles. The average Bonchev–Trinajstić information content (AvgIpc) is 2.36. The molecule has 1 amide bonds. The van der Waals surface area contributed by atoms with Crippen molar-refractivity contribution in [2.75, 3.05) is 0 Å². The molecule has 0 aliphatic carbocycles. The third kappa shape index (κ3) is 6.04. The predicted molar refractivity (Wildman–Crippen MR) is 73.8 cm³/mol. The molecule has 0 aromatic heterocycles. The van der Waals surface area contributed by atoms with Crippen molar-refractivity contribution in [1.29, 1.82) is 0 Å². The number of carboxylic acid groups (broad SMARTS) is 1. The van der Waals surface area contributed by atoms with Crippen LogP contribution in [0.2, 0.25) is 0 Å². The minimum absolute atomic E-state index is 0.197. The van der Waals surface area contributed by atoms with Crippen LogP contribution >= 0.6 is 0 Å². The Morgan fingerprint density at radius 2 is 1.84 bits per heavy atom. The summed E-state index contributed by atoms with van der Waals surface area (Å²) in [5.41, 5.74) is 0.902. The van der Waals surface area contributed by atoms with E-state index in [-0.39, 0.29) is 5.91 Å². The minimum Gasteiger partial charge on any atom is -0.480 e. The minimum atomic E-state index is -0.998. The molecule has 1 atom stereocenters. The molecule has 4 nitrogen and oxygen atoms in total. The van der Waals surface area contributed by atoms with Crippen molar-refractivity contribution in [1.82, 2.24) is 5.32 Å². The second kappa shape index (κ2) is 7.56. The highest BCUT2D eigenvalue weighted by Crippen LogP contribution is 2.06. The molecule has 0 aliphatic heterocycles. The zero-order valence-corrected chi connectivity index (χ0v) is 11.4. The molecule has 104 valence electrons. The topological polar surface area (TPSA) is 66.4 Å². The van der Waals surface area contributed by atoms with Gasteiger partial charge in [0.2, 0.25) is 5.91 Å². The quantitative estimate of drug-likeness (QED) is 0.792. The SMILES string of the molecule is CC(C)CCC(=O)N[C@@H](Cc1ccccc1)C(=O)O. The van der Waals surface area contributed by atoms with Crippen LogP contribution in [-0.4, -0.2) is 23.0 Å². The molecule has 0 saturated carbocycles. The van der Waals surface area contributed by atoms with E-state index in [1.54, 1.807) is 0 Å². The molecule has 0 heterocycles. The fraction of sp³-hybridized carbons (Fsp3) is 0.467. The van der Waals surface area contributed by atoms with Gasteiger partial charge in [-0.2, -0.15) is 0 Å². The number of carbonyl (C=O) groups excluding carboxylic acids is 1. The predicted octanol–water partition coefficient (Wildman–Crippen LogP) is 2.23. The smallest absolute Gasteiger partial charge is 0.326 e. The van der Waals surface area contributed by atoms with Gasteiger partial charge in [0.1, 0.15) is 6.04 Å². The third-order valence-electron chi connectivity index (χ3n) is 2.86. The molecule has 1 rings (SSSR count). The molecule has 4 heteroatoms. The highest BCUT2D eigenvalue weighted by Gasteiger charge is 2.20. The van der Waals surface area contributed by atoms with Crippen molar-refractivity contribution in [3.63, 3.8) is 0 Å². The van der Waals surface area contributed by atoms with Crippen LogP contribution in [0.25, 0.3) is 0 Å². The van der Waals surface area contributed by atoms with E-state index in [9.17, 15) is 9.59 Å². The van der Waals surface area contributed by atoms with E-state index in [2.05, 4.69) is 5.32 Å². The first-order valence-corrected chi connectivity index (χ1v) is 6.55. The highest BCUT2D eigenvalue weighted by atomic mass is 16.4. The maximum Gasteiger partial charge on any atom is 0.326 e. The molecule has 0 unspecified atom stereocenters. The van der Waals surface area contributed by atoms with Crippen molar-refractivity contribution >= 4 is 11.9 Å². The number of carboxylic acids is 1. The summed E-state index contributed by atoms with van der Waals surface area (Å²) < 4.78 is 0. The number of carbonyl (C=O) groups is 2. The molecule has 19 heavy (non-hydrogen) atoms. The van der Waals surface area contributed by atoms with E-state index in [1.165, 1.54) is 0 Å². The van der Waals surface area contributed by atoms with Crippen LogP contribution in [-0.2, 0) is 16.0 Å². The fourth-order valence-electron chi connectivity index (χ4n) is 1.74. The molecule has 0 saturated heterocycles. The number of aliphatic carboxylic acids is 1. The Morgan fingerprint density at radius 1 is 1.21 bits per heavy atom. The van der Waals surface area contributed by atoms with Crippen molar-refractivity contribution in [2.24, 2.45) is 5.92 Å². The van der Waals surface area contributed by atoms with E-state index < -0.39 is 12.0 Å². The third-order valence-corrected chi connectivity index (χ3v) is 2.86. The van der Waals surface area contributed by atoms with Crippen molar-refractivity contribution in [3.05, 3.63) is 35.9 Å². The van der Waals surface area contributed by atoms with Gasteiger partial charge in [0.25, 0.3) is 0 Å². The first-order valence-electron chi connectivity index (χ1n) is 6.55. The molecular weight excluding hydrogens is 242 g/mol. The zero-order chi connectivity index (χ0) is 14.3. The second-order valence-electron chi connectivity index (χ2n) is 5.08. The maximum atomic E-state index is 11.7. The molecular formula is C15H21NO3. The summed E-state index contributed by atoms with van der Waals surface area (Å²) in [6.07, 6.45) is 1.45. The van der Waals surface area contributed by atoms with Gasteiger partial charge in [0.05, 0.1) is 0 Å².